The third-order valence-electron chi connectivity index (χ3n) is 12.8. The molecule has 11 rings (SSSR count). The fourth-order valence-corrected chi connectivity index (χ4v) is 10.3. The Labute approximate surface area is 324 Å². The van der Waals surface area contributed by atoms with Crippen LogP contribution in [0.3, 0.4) is 0 Å². The van der Waals surface area contributed by atoms with E-state index >= 15 is 0 Å². The molecule has 8 aromatic carbocycles. The lowest BCUT2D eigenvalue weighted by atomic mass is 9.69. The van der Waals surface area contributed by atoms with Gasteiger partial charge in [-0.15, -0.1) is 0 Å². The molecular formula is C54H41N. The first-order valence-corrected chi connectivity index (χ1v) is 19.5. The Balaban J connectivity index is 1.22. The summed E-state index contributed by atoms with van der Waals surface area (Å²) >= 11 is 0. The average molecular weight is 704 g/mol. The van der Waals surface area contributed by atoms with Crippen LogP contribution in [0.2, 0.25) is 0 Å². The Morgan fingerprint density at radius 3 is 1.56 bits per heavy atom. The van der Waals surface area contributed by atoms with E-state index in [0.717, 1.165) is 5.69 Å². The van der Waals surface area contributed by atoms with Crippen molar-refractivity contribution in [3.63, 3.8) is 0 Å². The van der Waals surface area contributed by atoms with E-state index in [1.807, 2.05) is 0 Å². The number of hydrogen-bond donors (Lipinski definition) is 0. The molecule has 0 radical (unpaired) electrons. The van der Waals surface area contributed by atoms with Gasteiger partial charge in [0.1, 0.15) is 0 Å². The highest BCUT2D eigenvalue weighted by molar-refractivity contribution is 6.00. The van der Waals surface area contributed by atoms with E-state index < -0.39 is 5.41 Å². The summed E-state index contributed by atoms with van der Waals surface area (Å²) in [6, 6.07) is 66.4. The van der Waals surface area contributed by atoms with Gasteiger partial charge < -0.3 is 4.90 Å². The van der Waals surface area contributed by atoms with E-state index in [1.54, 1.807) is 0 Å². The molecule has 0 amide bonds. The minimum atomic E-state index is -0.486. The van der Waals surface area contributed by atoms with E-state index in [2.05, 4.69) is 209 Å². The van der Waals surface area contributed by atoms with Crippen LogP contribution < -0.4 is 4.90 Å². The van der Waals surface area contributed by atoms with Gasteiger partial charge in [0.15, 0.2) is 0 Å². The van der Waals surface area contributed by atoms with Crippen LogP contribution in [0.4, 0.5) is 17.1 Å². The standard InChI is InChI=1S/C54H41N/c1-34-21-28-43-44-29-22-35(2)32-50(44)54(49(43)31-34)47-19-11-9-16-41(47)45-17-12-20-51(52(45)54)55(38-25-23-37(24-26-38)36-13-6-5-7-14-36)39-27-30-42-40-15-8-10-18-46(40)53(3,4)48(42)33-39/h5-33H,1-4H3. The molecule has 3 aliphatic rings. The van der Waals surface area contributed by atoms with Crippen molar-refractivity contribution in [3.05, 3.63) is 220 Å². The number of rotatable bonds is 4. The van der Waals surface area contributed by atoms with Crippen LogP contribution in [0.1, 0.15) is 58.4 Å². The lowest BCUT2D eigenvalue weighted by Gasteiger charge is -2.36. The molecule has 0 aromatic heterocycles. The van der Waals surface area contributed by atoms with Crippen LogP contribution in [0.25, 0.3) is 44.5 Å². The molecule has 0 N–H and O–H groups in total. The van der Waals surface area contributed by atoms with Crippen molar-refractivity contribution in [3.8, 4) is 44.5 Å². The van der Waals surface area contributed by atoms with Crippen molar-refractivity contribution in [2.45, 2.75) is 38.5 Å². The second-order valence-corrected chi connectivity index (χ2v) is 16.2. The normalized spacial score (nSPS) is 14.5. The van der Waals surface area contributed by atoms with Crippen LogP contribution in [-0.4, -0.2) is 0 Å². The van der Waals surface area contributed by atoms with Crippen molar-refractivity contribution >= 4 is 17.1 Å². The van der Waals surface area contributed by atoms with Crippen molar-refractivity contribution in [2.24, 2.45) is 0 Å². The zero-order chi connectivity index (χ0) is 37.1. The summed E-state index contributed by atoms with van der Waals surface area (Å²) in [5, 5.41) is 0. The van der Waals surface area contributed by atoms with Crippen molar-refractivity contribution < 1.29 is 0 Å². The van der Waals surface area contributed by atoms with Crippen LogP contribution in [0, 0.1) is 13.8 Å². The Hall–Kier alpha value is -6.44. The van der Waals surface area contributed by atoms with Gasteiger partial charge in [-0.25, -0.2) is 0 Å². The Morgan fingerprint density at radius 1 is 0.364 bits per heavy atom. The smallest absolute Gasteiger partial charge is 0.0746 e. The maximum absolute atomic E-state index is 2.55. The predicted octanol–water partition coefficient (Wildman–Crippen LogP) is 14.1. The largest absolute Gasteiger partial charge is 0.310 e. The first-order valence-electron chi connectivity index (χ1n) is 19.5. The third-order valence-corrected chi connectivity index (χ3v) is 12.8. The molecule has 0 bridgehead atoms. The minimum absolute atomic E-state index is 0.126. The molecule has 8 aromatic rings. The Kier molecular flexibility index (Phi) is 6.72. The maximum atomic E-state index is 2.55. The van der Waals surface area contributed by atoms with Gasteiger partial charge in [0.05, 0.1) is 11.1 Å². The number of aryl methyl sites for hydroxylation is 2. The van der Waals surface area contributed by atoms with Crippen LogP contribution >= 0.6 is 0 Å². The monoisotopic (exact) mass is 703 g/mol. The number of benzene rings is 8. The summed E-state index contributed by atoms with van der Waals surface area (Å²) < 4.78 is 0. The predicted molar refractivity (Wildman–Crippen MR) is 230 cm³/mol. The topological polar surface area (TPSA) is 3.24 Å². The molecule has 0 fully saturated rings. The summed E-state index contributed by atoms with van der Waals surface area (Å²) in [4.78, 5) is 2.55. The van der Waals surface area contributed by atoms with E-state index in [0.29, 0.717) is 0 Å². The molecule has 262 valence electrons. The molecular weight excluding hydrogens is 663 g/mol. The Bertz CT molecular complexity index is 2810. The fraction of sp³-hybridized carbons (Fsp3) is 0.111. The lowest BCUT2D eigenvalue weighted by molar-refractivity contribution is 0.660. The highest BCUT2D eigenvalue weighted by Gasteiger charge is 2.53. The average Bonchev–Trinajstić information content (AvgIpc) is 3.77. The molecule has 0 heterocycles. The molecule has 0 unspecified atom stereocenters. The molecule has 1 spiro atoms. The van der Waals surface area contributed by atoms with Gasteiger partial charge >= 0.3 is 0 Å². The van der Waals surface area contributed by atoms with Crippen LogP contribution in [0.15, 0.2) is 176 Å². The molecule has 1 nitrogen and oxygen atoms in total. The van der Waals surface area contributed by atoms with Crippen LogP contribution in [-0.2, 0) is 10.8 Å². The second-order valence-electron chi connectivity index (χ2n) is 16.2. The van der Waals surface area contributed by atoms with Gasteiger partial charge in [-0.1, -0.05) is 171 Å². The summed E-state index contributed by atoms with van der Waals surface area (Å²) in [7, 11) is 0. The molecule has 0 saturated heterocycles. The maximum Gasteiger partial charge on any atom is 0.0746 e. The summed E-state index contributed by atoms with van der Waals surface area (Å²) in [6.45, 7) is 9.23. The van der Waals surface area contributed by atoms with Crippen molar-refractivity contribution in [1.29, 1.82) is 0 Å². The number of hydrogen-bond acceptors (Lipinski definition) is 1. The number of fused-ring (bicyclic) bond motifs is 13. The van der Waals surface area contributed by atoms with Crippen molar-refractivity contribution in [2.75, 3.05) is 4.90 Å². The second kappa shape index (κ2) is 11.5. The van der Waals surface area contributed by atoms with E-state index in [4.69, 9.17) is 0 Å². The first-order chi connectivity index (χ1) is 26.9. The van der Waals surface area contributed by atoms with E-state index in [1.165, 1.54) is 100 Å². The van der Waals surface area contributed by atoms with Crippen molar-refractivity contribution in [1.82, 2.24) is 0 Å². The molecule has 55 heavy (non-hydrogen) atoms. The van der Waals surface area contributed by atoms with Gasteiger partial charge in [0, 0.05) is 22.4 Å². The summed E-state index contributed by atoms with van der Waals surface area (Å²) in [5.74, 6) is 0. The summed E-state index contributed by atoms with van der Waals surface area (Å²) in [5.41, 5.74) is 24.0. The highest BCUT2D eigenvalue weighted by atomic mass is 15.1. The molecule has 1 heteroatoms. The van der Waals surface area contributed by atoms with Gasteiger partial charge in [-0.05, 0) is 117 Å². The van der Waals surface area contributed by atoms with Gasteiger partial charge in [0.2, 0.25) is 0 Å². The highest BCUT2D eigenvalue weighted by Crippen LogP contribution is 2.65. The van der Waals surface area contributed by atoms with E-state index in [9.17, 15) is 0 Å². The lowest BCUT2D eigenvalue weighted by Crippen LogP contribution is -2.28. The molecule has 0 atom stereocenters. The SMILES string of the molecule is Cc1ccc2c(c1)C1(c3cc(C)ccc3-2)c2ccccc2-c2cccc(N(c3ccc(-c4ccccc4)cc3)c3ccc4c(c3)C(C)(C)c3ccccc3-4)c21. The quantitative estimate of drug-likeness (QED) is 0.176. The molecule has 0 saturated carbocycles. The van der Waals surface area contributed by atoms with Gasteiger partial charge in [0.25, 0.3) is 0 Å². The third kappa shape index (κ3) is 4.36. The Morgan fingerprint density at radius 2 is 0.873 bits per heavy atom. The first kappa shape index (κ1) is 32.0. The number of anilines is 3. The molecule has 0 aliphatic heterocycles. The zero-order valence-electron chi connectivity index (χ0n) is 31.7. The van der Waals surface area contributed by atoms with Gasteiger partial charge in [-0.2, -0.15) is 0 Å². The van der Waals surface area contributed by atoms with E-state index in [-0.39, 0.29) is 5.41 Å². The van der Waals surface area contributed by atoms with Crippen LogP contribution in [0.5, 0.6) is 0 Å². The summed E-state index contributed by atoms with van der Waals surface area (Å²) in [6.07, 6.45) is 0. The minimum Gasteiger partial charge on any atom is -0.310 e. The zero-order valence-corrected chi connectivity index (χ0v) is 31.7. The molecule has 3 aliphatic carbocycles. The fourth-order valence-electron chi connectivity index (χ4n) is 10.3. The van der Waals surface area contributed by atoms with Gasteiger partial charge in [-0.3, -0.25) is 0 Å². The number of nitrogens with zero attached hydrogens (tertiary/aromatic N) is 1.